The number of methoxy groups -OCH3 is 1. The van der Waals surface area contributed by atoms with Gasteiger partial charge < -0.3 is 14.4 Å². The first kappa shape index (κ1) is 14.8. The van der Waals surface area contributed by atoms with Crippen LogP contribution >= 0.6 is 0 Å². The van der Waals surface area contributed by atoms with Crippen molar-refractivity contribution in [3.8, 4) is 6.07 Å². The zero-order chi connectivity index (χ0) is 14.8. The predicted molar refractivity (Wildman–Crippen MR) is 74.2 cm³/mol. The number of nitriles is 1. The molecule has 0 spiro atoms. The second-order valence-electron chi connectivity index (χ2n) is 5.58. The van der Waals surface area contributed by atoms with Gasteiger partial charge in [-0.2, -0.15) is 5.26 Å². The van der Waals surface area contributed by atoms with Crippen molar-refractivity contribution in [2.75, 3.05) is 31.7 Å². The van der Waals surface area contributed by atoms with Crippen LogP contribution < -0.4 is 4.90 Å². The molecule has 1 atom stereocenters. The van der Waals surface area contributed by atoms with Crippen molar-refractivity contribution in [2.24, 2.45) is 0 Å². The van der Waals surface area contributed by atoms with Crippen molar-refractivity contribution in [3.63, 3.8) is 0 Å². The third kappa shape index (κ3) is 3.09. The van der Waals surface area contributed by atoms with E-state index in [-0.39, 0.29) is 17.3 Å². The Hall–Kier alpha value is -1.64. The fourth-order valence-corrected chi connectivity index (χ4v) is 2.64. The maximum atomic E-state index is 13.7. The van der Waals surface area contributed by atoms with Gasteiger partial charge in [-0.3, -0.25) is 0 Å². The molecule has 2 rings (SSSR count). The SMILES string of the molecule is COC[C@H]1CN(c2cccc(F)c2C#N)CC(C)(C)O1. The lowest BCUT2D eigenvalue weighted by atomic mass is 10.0. The van der Waals surface area contributed by atoms with Crippen LogP contribution in [0.4, 0.5) is 10.1 Å². The van der Waals surface area contributed by atoms with Gasteiger partial charge in [0.25, 0.3) is 0 Å². The Morgan fingerprint density at radius 3 is 2.95 bits per heavy atom. The predicted octanol–water partition coefficient (Wildman–Crippen LogP) is 2.33. The van der Waals surface area contributed by atoms with E-state index >= 15 is 0 Å². The van der Waals surface area contributed by atoms with Gasteiger partial charge >= 0.3 is 0 Å². The molecule has 0 aromatic heterocycles. The smallest absolute Gasteiger partial charge is 0.143 e. The summed E-state index contributed by atoms with van der Waals surface area (Å²) in [5.41, 5.74) is 0.326. The summed E-state index contributed by atoms with van der Waals surface area (Å²) in [6.07, 6.45) is -0.0986. The average Bonchev–Trinajstić information content (AvgIpc) is 2.37. The van der Waals surface area contributed by atoms with Crippen molar-refractivity contribution in [2.45, 2.75) is 25.6 Å². The van der Waals surface area contributed by atoms with Gasteiger partial charge in [-0.15, -0.1) is 0 Å². The van der Waals surface area contributed by atoms with E-state index in [1.165, 1.54) is 6.07 Å². The van der Waals surface area contributed by atoms with Gasteiger partial charge in [-0.1, -0.05) is 6.07 Å². The van der Waals surface area contributed by atoms with E-state index in [2.05, 4.69) is 0 Å². The largest absolute Gasteiger partial charge is 0.382 e. The van der Waals surface area contributed by atoms with E-state index in [0.717, 1.165) is 0 Å². The molecule has 108 valence electrons. The first-order valence-electron chi connectivity index (χ1n) is 6.57. The lowest BCUT2D eigenvalue weighted by Gasteiger charge is -2.44. The van der Waals surface area contributed by atoms with Gasteiger partial charge in [-0.25, -0.2) is 4.39 Å². The zero-order valence-electron chi connectivity index (χ0n) is 12.0. The highest BCUT2D eigenvalue weighted by atomic mass is 19.1. The number of ether oxygens (including phenoxy) is 2. The van der Waals surface area contributed by atoms with Gasteiger partial charge in [0, 0.05) is 20.2 Å². The number of rotatable bonds is 3. The Morgan fingerprint density at radius 2 is 2.30 bits per heavy atom. The number of benzene rings is 1. The second kappa shape index (κ2) is 5.78. The molecule has 0 aliphatic carbocycles. The molecule has 20 heavy (non-hydrogen) atoms. The van der Waals surface area contributed by atoms with E-state index in [1.807, 2.05) is 24.8 Å². The third-order valence-corrected chi connectivity index (χ3v) is 3.28. The van der Waals surface area contributed by atoms with Gasteiger partial charge in [-0.05, 0) is 26.0 Å². The molecular weight excluding hydrogens is 259 g/mol. The van der Waals surface area contributed by atoms with E-state index in [4.69, 9.17) is 14.7 Å². The number of anilines is 1. The second-order valence-corrected chi connectivity index (χ2v) is 5.58. The minimum atomic E-state index is -0.488. The highest BCUT2D eigenvalue weighted by molar-refractivity contribution is 5.60. The molecule has 1 saturated heterocycles. The molecule has 1 heterocycles. The Bertz CT molecular complexity index is 525. The summed E-state index contributed by atoms with van der Waals surface area (Å²) in [5, 5.41) is 9.16. The molecule has 1 aliphatic heterocycles. The Balaban J connectivity index is 2.32. The van der Waals surface area contributed by atoms with Crippen molar-refractivity contribution in [1.82, 2.24) is 0 Å². The Morgan fingerprint density at radius 1 is 1.55 bits per heavy atom. The summed E-state index contributed by atoms with van der Waals surface area (Å²) in [6, 6.07) is 6.65. The van der Waals surface area contributed by atoms with E-state index < -0.39 is 5.82 Å². The summed E-state index contributed by atoms with van der Waals surface area (Å²) in [7, 11) is 1.62. The van der Waals surface area contributed by atoms with Crippen LogP contribution in [0.3, 0.4) is 0 Å². The number of morpholine rings is 1. The Labute approximate surface area is 118 Å². The van der Waals surface area contributed by atoms with Crippen molar-refractivity contribution >= 4 is 5.69 Å². The van der Waals surface area contributed by atoms with E-state index in [1.54, 1.807) is 19.2 Å². The lowest BCUT2D eigenvalue weighted by molar-refractivity contribution is -0.106. The number of nitrogens with zero attached hydrogens (tertiary/aromatic N) is 2. The topological polar surface area (TPSA) is 45.5 Å². The van der Waals surface area contributed by atoms with Crippen LogP contribution in [0.15, 0.2) is 18.2 Å². The van der Waals surface area contributed by atoms with Crippen LogP contribution in [0.2, 0.25) is 0 Å². The number of hydrogen-bond acceptors (Lipinski definition) is 4. The van der Waals surface area contributed by atoms with E-state index in [9.17, 15) is 4.39 Å². The number of hydrogen-bond donors (Lipinski definition) is 0. The Kier molecular flexibility index (Phi) is 4.26. The molecule has 0 unspecified atom stereocenters. The molecule has 0 saturated carbocycles. The molecule has 0 N–H and O–H groups in total. The molecule has 0 bridgehead atoms. The summed E-state index contributed by atoms with van der Waals surface area (Å²) >= 11 is 0. The van der Waals surface area contributed by atoms with Crippen LogP contribution in [0.5, 0.6) is 0 Å². The molecule has 1 aromatic carbocycles. The van der Waals surface area contributed by atoms with Crippen molar-refractivity contribution < 1.29 is 13.9 Å². The molecule has 1 aliphatic rings. The number of halogens is 1. The summed E-state index contributed by atoms with van der Waals surface area (Å²) in [6.45, 7) is 5.61. The summed E-state index contributed by atoms with van der Waals surface area (Å²) in [4.78, 5) is 1.99. The minimum Gasteiger partial charge on any atom is -0.382 e. The maximum absolute atomic E-state index is 13.7. The molecule has 1 fully saturated rings. The summed E-state index contributed by atoms with van der Waals surface area (Å²) in [5.74, 6) is -0.488. The van der Waals surface area contributed by atoms with Gasteiger partial charge in [0.2, 0.25) is 0 Å². The molecule has 1 aromatic rings. The van der Waals surface area contributed by atoms with Crippen LogP contribution in [0.25, 0.3) is 0 Å². The fourth-order valence-electron chi connectivity index (χ4n) is 2.64. The normalized spacial score (nSPS) is 21.6. The molecule has 5 heteroatoms. The standard InChI is InChI=1S/C15H19FN2O2/c1-15(2)10-18(8-11(20-15)9-19-3)14-6-4-5-13(16)12(14)7-17/h4-6,11H,8-10H2,1-3H3/t11-/m1/s1. The lowest BCUT2D eigenvalue weighted by Crippen LogP contribution is -2.54. The molecule has 4 nitrogen and oxygen atoms in total. The van der Waals surface area contributed by atoms with E-state index in [0.29, 0.717) is 25.4 Å². The monoisotopic (exact) mass is 278 g/mol. The van der Waals surface area contributed by atoms with Gasteiger partial charge in [0.1, 0.15) is 17.4 Å². The third-order valence-electron chi connectivity index (χ3n) is 3.28. The van der Waals surface area contributed by atoms with Crippen LogP contribution in [-0.2, 0) is 9.47 Å². The van der Waals surface area contributed by atoms with Crippen LogP contribution in [0, 0.1) is 17.1 Å². The quantitative estimate of drug-likeness (QED) is 0.851. The van der Waals surface area contributed by atoms with Gasteiger partial charge in [0.05, 0.1) is 24.0 Å². The van der Waals surface area contributed by atoms with Crippen molar-refractivity contribution in [3.05, 3.63) is 29.6 Å². The van der Waals surface area contributed by atoms with Crippen LogP contribution in [0.1, 0.15) is 19.4 Å². The summed E-state index contributed by atoms with van der Waals surface area (Å²) < 4.78 is 24.8. The fraction of sp³-hybridized carbons (Fsp3) is 0.533. The van der Waals surface area contributed by atoms with Crippen LogP contribution in [-0.4, -0.2) is 38.5 Å². The molecule has 0 amide bonds. The highest BCUT2D eigenvalue weighted by Gasteiger charge is 2.34. The molecular formula is C15H19FN2O2. The maximum Gasteiger partial charge on any atom is 0.143 e. The van der Waals surface area contributed by atoms with Gasteiger partial charge in [0.15, 0.2) is 0 Å². The highest BCUT2D eigenvalue weighted by Crippen LogP contribution is 2.29. The zero-order valence-corrected chi connectivity index (χ0v) is 12.0. The average molecular weight is 278 g/mol. The van der Waals surface area contributed by atoms with Crippen molar-refractivity contribution in [1.29, 1.82) is 5.26 Å². The first-order valence-corrected chi connectivity index (χ1v) is 6.57. The first-order chi connectivity index (χ1) is 9.46. The minimum absolute atomic E-state index is 0.0846. The molecule has 0 radical (unpaired) electrons.